The number of piperidine rings is 1. The van der Waals surface area contributed by atoms with Gasteiger partial charge in [0.25, 0.3) is 0 Å². The fourth-order valence-corrected chi connectivity index (χ4v) is 4.41. The third kappa shape index (κ3) is 6.62. The minimum Gasteiger partial charge on any atom is -0.490 e. The van der Waals surface area contributed by atoms with Gasteiger partial charge in [-0.3, -0.25) is 4.90 Å². The molecular weight excluding hydrogens is 420 g/mol. The van der Waals surface area contributed by atoms with E-state index in [1.165, 1.54) is 0 Å². The van der Waals surface area contributed by atoms with E-state index in [-0.39, 0.29) is 18.9 Å². The summed E-state index contributed by atoms with van der Waals surface area (Å²) in [5.41, 5.74) is 3.01. The van der Waals surface area contributed by atoms with E-state index < -0.39 is 0 Å². The molecule has 0 aromatic heterocycles. The molecule has 4 rings (SSSR count). The summed E-state index contributed by atoms with van der Waals surface area (Å²) in [6, 6.07) is 15.8. The van der Waals surface area contributed by atoms with Gasteiger partial charge in [-0.05, 0) is 54.9 Å². The van der Waals surface area contributed by atoms with Crippen LogP contribution in [-0.2, 0) is 27.4 Å². The summed E-state index contributed by atoms with van der Waals surface area (Å²) in [5.74, 6) is 1.37. The van der Waals surface area contributed by atoms with Crippen LogP contribution in [0.2, 0.25) is 0 Å². The topological polar surface area (TPSA) is 69.3 Å². The molecule has 0 saturated carbocycles. The summed E-state index contributed by atoms with van der Waals surface area (Å²) >= 11 is 0. The predicted molar refractivity (Wildman–Crippen MR) is 126 cm³/mol. The van der Waals surface area contributed by atoms with Crippen molar-refractivity contribution in [3.05, 3.63) is 59.7 Å². The molecule has 2 unspecified atom stereocenters. The second-order valence-electron chi connectivity index (χ2n) is 8.63. The summed E-state index contributed by atoms with van der Waals surface area (Å²) in [4.78, 5) is 14.7. The van der Waals surface area contributed by atoms with Crippen LogP contribution in [0.1, 0.15) is 36.8 Å². The molecule has 2 heterocycles. The zero-order valence-corrected chi connectivity index (χ0v) is 19.3. The number of carbonyl (C=O) groups excluding carboxylic acids is 1. The Bertz CT molecular complexity index is 892. The molecule has 1 saturated heterocycles. The van der Waals surface area contributed by atoms with Gasteiger partial charge in [0, 0.05) is 26.8 Å². The Balaban J connectivity index is 1.38. The van der Waals surface area contributed by atoms with Crippen molar-refractivity contribution in [2.45, 2.75) is 45.1 Å². The molecule has 2 atom stereocenters. The van der Waals surface area contributed by atoms with Crippen LogP contribution >= 0.6 is 0 Å². The van der Waals surface area contributed by atoms with Gasteiger partial charge in [0.1, 0.15) is 25.2 Å². The quantitative estimate of drug-likeness (QED) is 0.549. The number of anilines is 1. The smallest absolute Gasteiger partial charge is 0.412 e. The summed E-state index contributed by atoms with van der Waals surface area (Å²) in [6.07, 6.45) is 3.21. The first-order valence-electron chi connectivity index (χ1n) is 11.8. The number of hydrogen-bond acceptors (Lipinski definition) is 6. The number of hydrogen-bond donors (Lipinski definition) is 1. The molecule has 7 heteroatoms. The number of fused-ring (bicyclic) bond motifs is 1. The highest BCUT2D eigenvalue weighted by Crippen LogP contribution is 2.31. The van der Waals surface area contributed by atoms with Gasteiger partial charge >= 0.3 is 6.09 Å². The standard InChI is InChI=1S/C26H34N2O5/c1-30-14-5-8-20-11-13-28(26(29)33-18-21-6-3-2-4-7-21)25(17-20)32-19-22-9-10-24-23(16-22)27-12-15-31-24/h2-4,6-7,9-10,16,20,25,27H,5,8,11-15,17-19H2,1H3. The molecule has 0 bridgehead atoms. The first-order valence-corrected chi connectivity index (χ1v) is 11.8. The van der Waals surface area contributed by atoms with Gasteiger partial charge in [0.15, 0.2) is 0 Å². The number of ether oxygens (including phenoxy) is 4. The van der Waals surface area contributed by atoms with Gasteiger partial charge in [-0.25, -0.2) is 4.79 Å². The zero-order chi connectivity index (χ0) is 22.9. The highest BCUT2D eigenvalue weighted by molar-refractivity contribution is 5.68. The molecule has 0 aliphatic carbocycles. The first-order chi connectivity index (χ1) is 16.2. The molecule has 2 aliphatic heterocycles. The van der Waals surface area contributed by atoms with Crippen molar-refractivity contribution in [1.82, 2.24) is 4.90 Å². The van der Waals surface area contributed by atoms with Crippen LogP contribution in [0.4, 0.5) is 10.5 Å². The van der Waals surface area contributed by atoms with Gasteiger partial charge in [0.05, 0.1) is 12.3 Å². The van der Waals surface area contributed by atoms with Crippen LogP contribution in [0.3, 0.4) is 0 Å². The molecule has 1 amide bonds. The lowest BCUT2D eigenvalue weighted by molar-refractivity contribution is -0.0934. The molecule has 178 valence electrons. The number of nitrogens with zero attached hydrogens (tertiary/aromatic N) is 1. The Kier molecular flexibility index (Phi) is 8.44. The van der Waals surface area contributed by atoms with E-state index in [0.29, 0.717) is 25.7 Å². The molecule has 1 fully saturated rings. The van der Waals surface area contributed by atoms with Crippen molar-refractivity contribution in [1.29, 1.82) is 0 Å². The van der Waals surface area contributed by atoms with Gasteiger partial charge in [-0.15, -0.1) is 0 Å². The second-order valence-corrected chi connectivity index (χ2v) is 8.63. The van der Waals surface area contributed by atoms with Crippen LogP contribution in [0, 0.1) is 5.92 Å². The van der Waals surface area contributed by atoms with Crippen LogP contribution in [0.15, 0.2) is 48.5 Å². The molecular formula is C26H34N2O5. The number of carbonyl (C=O) groups is 1. The average Bonchev–Trinajstić information content (AvgIpc) is 2.87. The van der Waals surface area contributed by atoms with Crippen LogP contribution < -0.4 is 10.1 Å². The predicted octanol–water partition coefficient (Wildman–Crippen LogP) is 4.81. The fraction of sp³-hybridized carbons (Fsp3) is 0.500. The number of likely N-dealkylation sites (tertiary alicyclic amines) is 1. The Hall–Kier alpha value is -2.77. The minimum atomic E-state index is -0.320. The summed E-state index contributed by atoms with van der Waals surface area (Å²) in [6.45, 7) is 3.55. The van der Waals surface area contributed by atoms with E-state index in [1.54, 1.807) is 12.0 Å². The Morgan fingerprint density at radius 3 is 2.88 bits per heavy atom. The molecule has 33 heavy (non-hydrogen) atoms. The van der Waals surface area contributed by atoms with E-state index in [0.717, 1.165) is 61.4 Å². The number of benzene rings is 2. The summed E-state index contributed by atoms with van der Waals surface area (Å²) in [5, 5.41) is 3.36. The van der Waals surface area contributed by atoms with Crippen LogP contribution in [0.25, 0.3) is 0 Å². The van der Waals surface area contributed by atoms with Crippen molar-refractivity contribution in [3.8, 4) is 5.75 Å². The molecule has 7 nitrogen and oxygen atoms in total. The van der Waals surface area contributed by atoms with Crippen molar-refractivity contribution in [2.75, 3.05) is 38.7 Å². The fourth-order valence-electron chi connectivity index (χ4n) is 4.41. The lowest BCUT2D eigenvalue weighted by atomic mass is 9.91. The van der Waals surface area contributed by atoms with Crippen molar-refractivity contribution in [2.24, 2.45) is 5.92 Å². The molecule has 2 aromatic carbocycles. The lowest BCUT2D eigenvalue weighted by Crippen LogP contribution is -2.47. The largest absolute Gasteiger partial charge is 0.490 e. The third-order valence-electron chi connectivity index (χ3n) is 6.22. The van der Waals surface area contributed by atoms with Crippen molar-refractivity contribution >= 4 is 11.8 Å². The third-order valence-corrected chi connectivity index (χ3v) is 6.22. The van der Waals surface area contributed by atoms with E-state index in [9.17, 15) is 4.79 Å². The van der Waals surface area contributed by atoms with E-state index in [2.05, 4.69) is 11.4 Å². The van der Waals surface area contributed by atoms with Gasteiger partial charge in [-0.2, -0.15) is 0 Å². The number of amides is 1. The van der Waals surface area contributed by atoms with Gasteiger partial charge in [-0.1, -0.05) is 36.4 Å². The number of methoxy groups -OCH3 is 1. The van der Waals surface area contributed by atoms with Crippen LogP contribution in [0.5, 0.6) is 5.75 Å². The highest BCUT2D eigenvalue weighted by Gasteiger charge is 2.33. The number of nitrogens with one attached hydrogen (secondary N) is 1. The zero-order valence-electron chi connectivity index (χ0n) is 19.3. The lowest BCUT2D eigenvalue weighted by Gasteiger charge is -2.38. The molecule has 2 aliphatic rings. The monoisotopic (exact) mass is 454 g/mol. The Morgan fingerprint density at radius 2 is 2.03 bits per heavy atom. The molecule has 1 N–H and O–H groups in total. The van der Waals surface area contributed by atoms with Gasteiger partial charge < -0.3 is 24.3 Å². The number of rotatable bonds is 9. The Labute approximate surface area is 196 Å². The molecule has 2 aromatic rings. The summed E-state index contributed by atoms with van der Waals surface area (Å²) in [7, 11) is 1.73. The normalized spacial score (nSPS) is 19.8. The second kappa shape index (κ2) is 11.9. The van der Waals surface area contributed by atoms with E-state index >= 15 is 0 Å². The van der Waals surface area contributed by atoms with E-state index in [4.69, 9.17) is 18.9 Å². The molecule has 0 radical (unpaired) electrons. The SMILES string of the molecule is COCCCC1CCN(C(=O)OCc2ccccc2)C(OCc2ccc3c(c2)NCCO3)C1. The van der Waals surface area contributed by atoms with E-state index in [1.807, 2.05) is 42.5 Å². The van der Waals surface area contributed by atoms with Crippen molar-refractivity contribution in [3.63, 3.8) is 0 Å². The Morgan fingerprint density at radius 1 is 1.15 bits per heavy atom. The maximum atomic E-state index is 12.9. The first kappa shape index (κ1) is 23.4. The minimum absolute atomic E-state index is 0.261. The summed E-state index contributed by atoms with van der Waals surface area (Å²) < 4.78 is 22.8. The maximum absolute atomic E-state index is 12.9. The average molecular weight is 455 g/mol. The molecule has 0 spiro atoms. The van der Waals surface area contributed by atoms with Gasteiger partial charge in [0.2, 0.25) is 0 Å². The van der Waals surface area contributed by atoms with Crippen LogP contribution in [-0.4, -0.2) is 50.6 Å². The highest BCUT2D eigenvalue weighted by atomic mass is 16.6. The van der Waals surface area contributed by atoms with Crippen molar-refractivity contribution < 1.29 is 23.7 Å². The maximum Gasteiger partial charge on any atom is 0.412 e.